The first-order chi connectivity index (χ1) is 8.20. The van der Waals surface area contributed by atoms with Gasteiger partial charge in [0.05, 0.1) is 10.7 Å². The number of benzene rings is 1. The van der Waals surface area contributed by atoms with Crippen molar-refractivity contribution in [2.75, 3.05) is 44.2 Å². The van der Waals surface area contributed by atoms with Gasteiger partial charge in [-0.15, -0.1) is 0 Å². The fourth-order valence-electron chi connectivity index (χ4n) is 2.13. The molecule has 0 atom stereocenters. The first-order valence-corrected chi connectivity index (χ1v) is 6.58. The van der Waals surface area contributed by atoms with Crippen LogP contribution in [0.5, 0.6) is 0 Å². The molecule has 0 aliphatic carbocycles. The molecule has 1 aromatic carbocycles. The van der Waals surface area contributed by atoms with Gasteiger partial charge in [0, 0.05) is 44.3 Å². The molecule has 1 aliphatic rings. The lowest BCUT2D eigenvalue weighted by molar-refractivity contribution is 0.265. The summed E-state index contributed by atoms with van der Waals surface area (Å²) < 4.78 is 0. The third-order valence-electron chi connectivity index (χ3n) is 3.07. The highest BCUT2D eigenvalue weighted by Crippen LogP contribution is 2.29. The van der Waals surface area contributed by atoms with Crippen LogP contribution in [0, 0.1) is 0 Å². The largest absolute Gasteiger partial charge is 0.368 e. The van der Waals surface area contributed by atoms with E-state index in [0.717, 1.165) is 50.0 Å². The van der Waals surface area contributed by atoms with Crippen LogP contribution in [0.15, 0.2) is 18.2 Å². The zero-order valence-corrected chi connectivity index (χ0v) is 11.2. The highest BCUT2D eigenvalue weighted by Gasteiger charge is 2.18. The minimum absolute atomic E-state index is 0.681. The predicted molar refractivity (Wildman–Crippen MR) is 74.2 cm³/mol. The number of hydrogen-bond donors (Lipinski definition) is 1. The summed E-state index contributed by atoms with van der Waals surface area (Å²) in [5, 5.41) is 1.41. The summed E-state index contributed by atoms with van der Waals surface area (Å²) in [5.74, 6) is 0. The van der Waals surface area contributed by atoms with Crippen molar-refractivity contribution in [2.45, 2.75) is 0 Å². The standard InChI is InChI=1S/C12H17Cl2N3/c13-10-1-2-12(11(14)9-10)17-7-5-16(4-3-15)6-8-17/h1-2,9H,3-8,15H2. The molecule has 1 heterocycles. The Morgan fingerprint density at radius 2 is 1.82 bits per heavy atom. The van der Waals surface area contributed by atoms with Gasteiger partial charge in [-0.3, -0.25) is 4.90 Å². The van der Waals surface area contributed by atoms with Gasteiger partial charge in [-0.05, 0) is 18.2 Å². The Hall–Kier alpha value is -0.480. The second-order valence-electron chi connectivity index (χ2n) is 4.21. The first-order valence-electron chi connectivity index (χ1n) is 5.83. The summed E-state index contributed by atoms with van der Waals surface area (Å²) >= 11 is 12.1. The molecule has 0 amide bonds. The lowest BCUT2D eigenvalue weighted by atomic mass is 10.2. The van der Waals surface area contributed by atoms with Gasteiger partial charge in [0.2, 0.25) is 0 Å². The Balaban J connectivity index is 2.00. The summed E-state index contributed by atoms with van der Waals surface area (Å²) in [7, 11) is 0. The van der Waals surface area contributed by atoms with Gasteiger partial charge in [-0.2, -0.15) is 0 Å². The SMILES string of the molecule is NCCN1CCN(c2ccc(Cl)cc2Cl)CC1. The smallest absolute Gasteiger partial charge is 0.0654 e. The zero-order valence-electron chi connectivity index (χ0n) is 9.70. The van der Waals surface area contributed by atoms with E-state index in [2.05, 4.69) is 9.80 Å². The van der Waals surface area contributed by atoms with Crippen molar-refractivity contribution >= 4 is 28.9 Å². The maximum absolute atomic E-state index is 6.20. The molecular formula is C12H17Cl2N3. The molecule has 3 nitrogen and oxygen atoms in total. The van der Waals surface area contributed by atoms with Crippen molar-refractivity contribution in [1.82, 2.24) is 4.90 Å². The summed E-state index contributed by atoms with van der Waals surface area (Å²) in [6, 6.07) is 5.67. The normalized spacial score (nSPS) is 17.5. The Labute approximate surface area is 112 Å². The Bertz CT molecular complexity index is 376. The van der Waals surface area contributed by atoms with Gasteiger partial charge in [0.1, 0.15) is 0 Å². The third-order valence-corrected chi connectivity index (χ3v) is 3.61. The zero-order chi connectivity index (χ0) is 12.3. The van der Waals surface area contributed by atoms with Crippen molar-refractivity contribution in [3.8, 4) is 0 Å². The molecule has 2 N–H and O–H groups in total. The maximum atomic E-state index is 6.20. The summed E-state index contributed by atoms with van der Waals surface area (Å²) in [6.07, 6.45) is 0. The van der Waals surface area contributed by atoms with Crippen LogP contribution < -0.4 is 10.6 Å². The predicted octanol–water partition coefficient (Wildman–Crippen LogP) is 2.07. The number of nitrogens with two attached hydrogens (primary N) is 1. The number of nitrogens with zero attached hydrogens (tertiary/aromatic N) is 2. The molecule has 0 spiro atoms. The lowest BCUT2D eigenvalue weighted by Crippen LogP contribution is -2.47. The van der Waals surface area contributed by atoms with Gasteiger partial charge in [0.25, 0.3) is 0 Å². The lowest BCUT2D eigenvalue weighted by Gasteiger charge is -2.36. The van der Waals surface area contributed by atoms with Gasteiger partial charge < -0.3 is 10.6 Å². The second-order valence-corrected chi connectivity index (χ2v) is 5.06. The van der Waals surface area contributed by atoms with Crippen LogP contribution in [-0.2, 0) is 0 Å². The van der Waals surface area contributed by atoms with Gasteiger partial charge in [-0.1, -0.05) is 23.2 Å². The molecule has 1 fully saturated rings. The van der Waals surface area contributed by atoms with Crippen molar-refractivity contribution in [3.63, 3.8) is 0 Å². The molecule has 1 saturated heterocycles. The number of piperazine rings is 1. The van der Waals surface area contributed by atoms with Crippen LogP contribution in [0.4, 0.5) is 5.69 Å². The van der Waals surface area contributed by atoms with E-state index in [1.54, 1.807) is 6.07 Å². The van der Waals surface area contributed by atoms with E-state index < -0.39 is 0 Å². The van der Waals surface area contributed by atoms with E-state index in [0.29, 0.717) is 5.02 Å². The minimum atomic E-state index is 0.681. The monoisotopic (exact) mass is 273 g/mol. The molecule has 0 saturated carbocycles. The average molecular weight is 274 g/mol. The van der Waals surface area contributed by atoms with Gasteiger partial charge >= 0.3 is 0 Å². The molecular weight excluding hydrogens is 257 g/mol. The van der Waals surface area contributed by atoms with E-state index in [-0.39, 0.29) is 0 Å². The fraction of sp³-hybridized carbons (Fsp3) is 0.500. The highest BCUT2D eigenvalue weighted by molar-refractivity contribution is 6.36. The fourth-order valence-corrected chi connectivity index (χ4v) is 2.66. The Morgan fingerprint density at radius 1 is 1.12 bits per heavy atom. The highest BCUT2D eigenvalue weighted by atomic mass is 35.5. The molecule has 1 aliphatic heterocycles. The van der Waals surface area contributed by atoms with Crippen LogP contribution >= 0.6 is 23.2 Å². The molecule has 0 unspecified atom stereocenters. The van der Waals surface area contributed by atoms with Crippen LogP contribution in [0.3, 0.4) is 0 Å². The van der Waals surface area contributed by atoms with Gasteiger partial charge in [0.15, 0.2) is 0 Å². The number of hydrogen-bond acceptors (Lipinski definition) is 3. The van der Waals surface area contributed by atoms with E-state index in [1.165, 1.54) is 0 Å². The van der Waals surface area contributed by atoms with Crippen LogP contribution in [0.25, 0.3) is 0 Å². The molecule has 94 valence electrons. The summed E-state index contributed by atoms with van der Waals surface area (Å²) in [4.78, 5) is 4.67. The summed E-state index contributed by atoms with van der Waals surface area (Å²) in [5.41, 5.74) is 6.63. The van der Waals surface area contributed by atoms with E-state index in [1.807, 2.05) is 12.1 Å². The molecule has 1 aromatic rings. The van der Waals surface area contributed by atoms with Crippen LogP contribution in [0.2, 0.25) is 10.0 Å². The number of halogens is 2. The average Bonchev–Trinajstić information content (AvgIpc) is 2.31. The van der Waals surface area contributed by atoms with Crippen molar-refractivity contribution in [1.29, 1.82) is 0 Å². The second kappa shape index (κ2) is 5.91. The maximum Gasteiger partial charge on any atom is 0.0654 e. The van der Waals surface area contributed by atoms with Crippen molar-refractivity contribution in [3.05, 3.63) is 28.2 Å². The van der Waals surface area contributed by atoms with Gasteiger partial charge in [-0.25, -0.2) is 0 Å². The molecule has 0 aromatic heterocycles. The van der Waals surface area contributed by atoms with Crippen molar-refractivity contribution in [2.24, 2.45) is 5.73 Å². The minimum Gasteiger partial charge on any atom is -0.368 e. The molecule has 17 heavy (non-hydrogen) atoms. The first kappa shape index (κ1) is 13.0. The molecule has 2 rings (SSSR count). The molecule has 0 radical (unpaired) electrons. The Kier molecular flexibility index (Phi) is 4.51. The number of rotatable bonds is 3. The van der Waals surface area contributed by atoms with Crippen LogP contribution in [-0.4, -0.2) is 44.2 Å². The van der Waals surface area contributed by atoms with E-state index in [4.69, 9.17) is 28.9 Å². The van der Waals surface area contributed by atoms with E-state index in [9.17, 15) is 0 Å². The molecule has 5 heteroatoms. The van der Waals surface area contributed by atoms with Crippen LogP contribution in [0.1, 0.15) is 0 Å². The molecule has 0 bridgehead atoms. The van der Waals surface area contributed by atoms with E-state index >= 15 is 0 Å². The summed E-state index contributed by atoms with van der Waals surface area (Å²) in [6.45, 7) is 5.75. The third kappa shape index (κ3) is 3.26. The topological polar surface area (TPSA) is 32.5 Å². The quantitative estimate of drug-likeness (QED) is 0.916. The number of anilines is 1. The Morgan fingerprint density at radius 3 is 2.41 bits per heavy atom. The van der Waals surface area contributed by atoms with Crippen molar-refractivity contribution < 1.29 is 0 Å².